The van der Waals surface area contributed by atoms with Gasteiger partial charge in [0, 0.05) is 17.0 Å². The van der Waals surface area contributed by atoms with E-state index in [1.807, 2.05) is 18.2 Å². The second-order valence-corrected chi connectivity index (χ2v) is 4.31. The average molecular weight is 231 g/mol. The van der Waals surface area contributed by atoms with Crippen LogP contribution in [0.2, 0.25) is 0 Å². The first-order valence-corrected chi connectivity index (χ1v) is 5.71. The van der Waals surface area contributed by atoms with Gasteiger partial charge in [0.2, 0.25) is 0 Å². The minimum atomic E-state index is -0.229. The Morgan fingerprint density at radius 3 is 2.88 bits per heavy atom. The van der Waals surface area contributed by atoms with Crippen LogP contribution in [0, 0.1) is 0 Å². The molecule has 3 rings (SSSR count). The number of para-hydroxylation sites is 1. The number of aliphatic hydroxyl groups excluding tert-OH is 1. The standard InChI is InChI=1S/C13H13NO3/c15-7-10-9-3-1-2-4-11(9)17-12(10)13(16)14-8-5-6-8/h1-4,8,15H,5-7H2,(H,14,16). The number of rotatable bonds is 3. The van der Waals surface area contributed by atoms with Crippen molar-refractivity contribution in [3.05, 3.63) is 35.6 Å². The number of hydrogen-bond donors (Lipinski definition) is 2. The molecule has 2 aromatic rings. The summed E-state index contributed by atoms with van der Waals surface area (Å²) in [6.45, 7) is -0.190. The molecule has 0 radical (unpaired) electrons. The van der Waals surface area contributed by atoms with Crippen molar-refractivity contribution in [2.45, 2.75) is 25.5 Å². The van der Waals surface area contributed by atoms with Crippen molar-refractivity contribution < 1.29 is 14.3 Å². The molecule has 1 heterocycles. The Labute approximate surface area is 98.2 Å². The molecule has 4 nitrogen and oxygen atoms in total. The monoisotopic (exact) mass is 231 g/mol. The third-order valence-corrected chi connectivity index (χ3v) is 2.98. The molecule has 0 unspecified atom stereocenters. The summed E-state index contributed by atoms with van der Waals surface area (Å²) in [6, 6.07) is 7.62. The van der Waals surface area contributed by atoms with Crippen LogP contribution in [-0.4, -0.2) is 17.1 Å². The zero-order valence-corrected chi connectivity index (χ0v) is 9.27. The molecule has 1 aliphatic carbocycles. The lowest BCUT2D eigenvalue weighted by molar-refractivity contribution is 0.0921. The molecule has 1 amide bonds. The number of amides is 1. The molecule has 4 heteroatoms. The third kappa shape index (κ3) is 1.80. The zero-order chi connectivity index (χ0) is 11.8. The lowest BCUT2D eigenvalue weighted by Gasteiger charge is -2.01. The normalized spacial score (nSPS) is 15.1. The topological polar surface area (TPSA) is 62.5 Å². The smallest absolute Gasteiger partial charge is 0.287 e. The van der Waals surface area contributed by atoms with Crippen LogP contribution in [0.1, 0.15) is 29.0 Å². The Morgan fingerprint density at radius 2 is 2.18 bits per heavy atom. The molecule has 88 valence electrons. The van der Waals surface area contributed by atoms with E-state index in [2.05, 4.69) is 5.32 Å². The Kier molecular flexibility index (Phi) is 2.37. The highest BCUT2D eigenvalue weighted by Gasteiger charge is 2.27. The van der Waals surface area contributed by atoms with E-state index in [0.29, 0.717) is 11.1 Å². The first-order valence-electron chi connectivity index (χ1n) is 5.71. The molecule has 0 atom stereocenters. The van der Waals surface area contributed by atoms with Crippen LogP contribution in [0.4, 0.5) is 0 Å². The Balaban J connectivity index is 2.04. The highest BCUT2D eigenvalue weighted by molar-refractivity contribution is 5.99. The van der Waals surface area contributed by atoms with Crippen molar-refractivity contribution in [2.24, 2.45) is 0 Å². The van der Waals surface area contributed by atoms with Crippen LogP contribution in [0.3, 0.4) is 0 Å². The minimum absolute atomic E-state index is 0.190. The predicted octanol–water partition coefficient (Wildman–Crippen LogP) is 1.82. The van der Waals surface area contributed by atoms with E-state index < -0.39 is 0 Å². The number of furan rings is 1. The lowest BCUT2D eigenvalue weighted by atomic mass is 10.1. The third-order valence-electron chi connectivity index (χ3n) is 2.98. The summed E-state index contributed by atoms with van der Waals surface area (Å²) in [4.78, 5) is 11.9. The SMILES string of the molecule is O=C(NC1CC1)c1oc2ccccc2c1CO. The summed E-state index contributed by atoms with van der Waals surface area (Å²) in [5.41, 5.74) is 1.20. The second kappa shape index (κ2) is 3.89. The van der Waals surface area contributed by atoms with Gasteiger partial charge in [0.05, 0.1) is 6.61 Å². The van der Waals surface area contributed by atoms with E-state index in [1.54, 1.807) is 6.07 Å². The highest BCUT2D eigenvalue weighted by atomic mass is 16.3. The van der Waals surface area contributed by atoms with E-state index in [-0.39, 0.29) is 24.3 Å². The molecule has 0 bridgehead atoms. The average Bonchev–Trinajstić information content (AvgIpc) is 3.07. The Hall–Kier alpha value is -1.81. The van der Waals surface area contributed by atoms with Crippen molar-refractivity contribution in [2.75, 3.05) is 0 Å². The maximum absolute atomic E-state index is 11.9. The first-order chi connectivity index (χ1) is 8.29. The van der Waals surface area contributed by atoms with Crippen LogP contribution >= 0.6 is 0 Å². The van der Waals surface area contributed by atoms with Crippen LogP contribution in [-0.2, 0) is 6.61 Å². The number of nitrogens with one attached hydrogen (secondary N) is 1. The number of benzene rings is 1. The van der Waals surface area contributed by atoms with Crippen molar-refractivity contribution in [3.8, 4) is 0 Å². The Morgan fingerprint density at radius 1 is 1.41 bits per heavy atom. The quantitative estimate of drug-likeness (QED) is 0.846. The predicted molar refractivity (Wildman–Crippen MR) is 62.6 cm³/mol. The fourth-order valence-electron chi connectivity index (χ4n) is 1.92. The summed E-state index contributed by atoms with van der Waals surface area (Å²) in [5.74, 6) is 0.00773. The van der Waals surface area contributed by atoms with E-state index >= 15 is 0 Å². The van der Waals surface area contributed by atoms with E-state index in [4.69, 9.17) is 4.42 Å². The molecule has 0 aliphatic heterocycles. The van der Waals surface area contributed by atoms with Crippen molar-refractivity contribution >= 4 is 16.9 Å². The van der Waals surface area contributed by atoms with Gasteiger partial charge >= 0.3 is 0 Å². The van der Waals surface area contributed by atoms with Gasteiger partial charge in [-0.1, -0.05) is 18.2 Å². The van der Waals surface area contributed by atoms with Gasteiger partial charge in [0.15, 0.2) is 5.76 Å². The van der Waals surface area contributed by atoms with Crippen molar-refractivity contribution in [3.63, 3.8) is 0 Å². The first kappa shape index (κ1) is 10.4. The fraction of sp³-hybridized carbons (Fsp3) is 0.308. The summed E-state index contributed by atoms with van der Waals surface area (Å²) in [6.07, 6.45) is 2.06. The van der Waals surface area contributed by atoms with E-state index in [0.717, 1.165) is 18.2 Å². The summed E-state index contributed by atoms with van der Waals surface area (Å²) >= 11 is 0. The van der Waals surface area contributed by atoms with Crippen molar-refractivity contribution in [1.82, 2.24) is 5.32 Å². The second-order valence-electron chi connectivity index (χ2n) is 4.31. The van der Waals surface area contributed by atoms with E-state index in [1.165, 1.54) is 0 Å². The fourth-order valence-corrected chi connectivity index (χ4v) is 1.92. The van der Waals surface area contributed by atoms with Crippen LogP contribution in [0.25, 0.3) is 11.0 Å². The molecule has 17 heavy (non-hydrogen) atoms. The van der Waals surface area contributed by atoms with Gasteiger partial charge in [-0.25, -0.2) is 0 Å². The molecular weight excluding hydrogens is 218 g/mol. The maximum atomic E-state index is 11.9. The Bertz CT molecular complexity index is 569. The van der Waals surface area contributed by atoms with Crippen LogP contribution in [0.5, 0.6) is 0 Å². The largest absolute Gasteiger partial charge is 0.451 e. The number of hydrogen-bond acceptors (Lipinski definition) is 3. The number of aliphatic hydroxyl groups is 1. The number of fused-ring (bicyclic) bond motifs is 1. The van der Waals surface area contributed by atoms with Gasteiger partial charge in [0.25, 0.3) is 5.91 Å². The highest BCUT2D eigenvalue weighted by Crippen LogP contribution is 2.27. The van der Waals surface area contributed by atoms with Gasteiger partial charge in [-0.2, -0.15) is 0 Å². The van der Waals surface area contributed by atoms with Gasteiger partial charge in [-0.3, -0.25) is 4.79 Å². The minimum Gasteiger partial charge on any atom is -0.451 e. The summed E-state index contributed by atoms with van der Waals surface area (Å²) in [5, 5.41) is 13.0. The molecule has 1 aliphatic rings. The molecular formula is C13H13NO3. The lowest BCUT2D eigenvalue weighted by Crippen LogP contribution is -2.25. The summed E-state index contributed by atoms with van der Waals surface area (Å²) < 4.78 is 5.51. The number of carbonyl (C=O) groups is 1. The molecule has 0 spiro atoms. The van der Waals surface area contributed by atoms with Crippen LogP contribution < -0.4 is 5.32 Å². The molecule has 2 N–H and O–H groups in total. The van der Waals surface area contributed by atoms with E-state index in [9.17, 15) is 9.90 Å². The van der Waals surface area contributed by atoms with Gasteiger partial charge in [-0.05, 0) is 18.9 Å². The summed E-state index contributed by atoms with van der Waals surface area (Å²) in [7, 11) is 0. The molecule has 1 aromatic carbocycles. The number of carbonyl (C=O) groups excluding carboxylic acids is 1. The van der Waals surface area contributed by atoms with Gasteiger partial charge in [-0.15, -0.1) is 0 Å². The van der Waals surface area contributed by atoms with Crippen molar-refractivity contribution in [1.29, 1.82) is 0 Å². The molecule has 1 aromatic heterocycles. The molecule has 1 fully saturated rings. The van der Waals surface area contributed by atoms with Gasteiger partial charge < -0.3 is 14.8 Å². The van der Waals surface area contributed by atoms with Crippen LogP contribution in [0.15, 0.2) is 28.7 Å². The zero-order valence-electron chi connectivity index (χ0n) is 9.27. The molecule has 0 saturated heterocycles. The molecule has 1 saturated carbocycles. The maximum Gasteiger partial charge on any atom is 0.287 e. The van der Waals surface area contributed by atoms with Gasteiger partial charge in [0.1, 0.15) is 5.58 Å².